The van der Waals surface area contributed by atoms with Gasteiger partial charge in [-0.25, -0.2) is 0 Å². The van der Waals surface area contributed by atoms with Crippen LogP contribution in [0, 0.1) is 0 Å². The molecule has 0 aliphatic heterocycles. The summed E-state index contributed by atoms with van der Waals surface area (Å²) in [5.74, 6) is 0.0137. The van der Waals surface area contributed by atoms with Crippen molar-refractivity contribution in [3.05, 3.63) is 42.5 Å². The van der Waals surface area contributed by atoms with Crippen LogP contribution in [0.1, 0.15) is 25.3 Å². The molecule has 1 atom stereocenters. The summed E-state index contributed by atoms with van der Waals surface area (Å²) in [6, 6.07) is 7.55. The van der Waals surface area contributed by atoms with Crippen molar-refractivity contribution >= 4 is 19.2 Å². The summed E-state index contributed by atoms with van der Waals surface area (Å²) >= 11 is 0. The summed E-state index contributed by atoms with van der Waals surface area (Å²) in [5, 5.41) is 3.51. The Morgan fingerprint density at radius 2 is 2.20 bits per heavy atom. The third-order valence-electron chi connectivity index (χ3n) is 2.81. The Balaban J connectivity index is 2.53. The molecule has 0 heterocycles. The van der Waals surface area contributed by atoms with E-state index in [1.807, 2.05) is 31.2 Å². The van der Waals surface area contributed by atoms with Gasteiger partial charge in [0.05, 0.1) is 6.61 Å². The number of benzene rings is 1. The van der Waals surface area contributed by atoms with Crippen molar-refractivity contribution in [1.82, 2.24) is 5.32 Å². The van der Waals surface area contributed by atoms with E-state index in [4.69, 9.17) is 4.52 Å². The van der Waals surface area contributed by atoms with Crippen LogP contribution in [0.5, 0.6) is 0 Å². The van der Waals surface area contributed by atoms with Gasteiger partial charge in [0.15, 0.2) is 0 Å². The van der Waals surface area contributed by atoms with Gasteiger partial charge in [0, 0.05) is 18.3 Å². The van der Waals surface area contributed by atoms with Gasteiger partial charge in [-0.15, -0.1) is 6.58 Å². The van der Waals surface area contributed by atoms with Crippen molar-refractivity contribution < 1.29 is 13.9 Å². The number of carbonyl (C=O) groups is 1. The highest BCUT2D eigenvalue weighted by Gasteiger charge is 2.09. The molecule has 0 bridgehead atoms. The Morgan fingerprint density at radius 3 is 2.90 bits per heavy atom. The second-order valence-corrected chi connectivity index (χ2v) is 5.73. The predicted octanol–water partition coefficient (Wildman–Crippen LogP) is 2.45. The van der Waals surface area contributed by atoms with E-state index in [9.17, 15) is 9.36 Å². The molecule has 1 aromatic carbocycles. The lowest BCUT2D eigenvalue weighted by Crippen LogP contribution is -2.23. The van der Waals surface area contributed by atoms with Crippen molar-refractivity contribution in [2.75, 3.05) is 13.2 Å². The number of amides is 1. The van der Waals surface area contributed by atoms with Crippen molar-refractivity contribution in [2.45, 2.75) is 26.2 Å². The summed E-state index contributed by atoms with van der Waals surface area (Å²) in [5.41, 5.74) is 1.00. The number of carbonyl (C=O) groups excluding carboxylic acids is 1. The number of hydrogen-bond donors (Lipinski definition) is 1. The van der Waals surface area contributed by atoms with Crippen LogP contribution in [0.15, 0.2) is 36.9 Å². The molecule has 110 valence electrons. The Kier molecular flexibility index (Phi) is 7.93. The maximum atomic E-state index is 12.0. The average Bonchev–Trinajstić information content (AvgIpc) is 2.46. The average molecular weight is 295 g/mol. The number of nitrogens with one attached hydrogen (secondary N) is 1. The van der Waals surface area contributed by atoms with Gasteiger partial charge in [0.1, 0.15) is 0 Å². The van der Waals surface area contributed by atoms with E-state index in [0.717, 1.165) is 23.7 Å². The third-order valence-corrected chi connectivity index (χ3v) is 4.28. The number of rotatable bonds is 9. The molecule has 0 radical (unpaired) electrons. The van der Waals surface area contributed by atoms with E-state index in [2.05, 4.69) is 11.9 Å². The first-order chi connectivity index (χ1) is 9.69. The second-order valence-electron chi connectivity index (χ2n) is 4.32. The molecule has 0 aliphatic rings. The Morgan fingerprint density at radius 1 is 1.45 bits per heavy atom. The van der Waals surface area contributed by atoms with Crippen molar-refractivity contribution in [3.8, 4) is 0 Å². The zero-order chi connectivity index (χ0) is 14.8. The predicted molar refractivity (Wildman–Crippen MR) is 82.8 cm³/mol. The molecule has 0 saturated heterocycles. The zero-order valence-electron chi connectivity index (χ0n) is 11.9. The summed E-state index contributed by atoms with van der Waals surface area (Å²) < 4.78 is 17.2. The van der Waals surface area contributed by atoms with E-state index >= 15 is 0 Å². The summed E-state index contributed by atoms with van der Waals surface area (Å²) in [7, 11) is -2.18. The molecule has 1 rings (SSSR count). The van der Waals surface area contributed by atoms with Gasteiger partial charge < -0.3 is 9.84 Å². The van der Waals surface area contributed by atoms with Gasteiger partial charge in [-0.05, 0) is 31.4 Å². The highest BCUT2D eigenvalue weighted by molar-refractivity contribution is 7.48. The van der Waals surface area contributed by atoms with E-state index in [1.165, 1.54) is 0 Å². The van der Waals surface area contributed by atoms with E-state index in [0.29, 0.717) is 19.6 Å². The van der Waals surface area contributed by atoms with Crippen molar-refractivity contribution in [2.24, 2.45) is 0 Å². The topological polar surface area (TPSA) is 55.4 Å². The fraction of sp³-hybridized carbons (Fsp3) is 0.400. The molecule has 1 N–H and O–H groups in total. The highest BCUT2D eigenvalue weighted by Crippen LogP contribution is 2.23. The fourth-order valence-electron chi connectivity index (χ4n) is 1.86. The molecule has 0 spiro atoms. The normalized spacial score (nSPS) is 11.8. The van der Waals surface area contributed by atoms with Crippen LogP contribution in [-0.2, 0) is 20.3 Å². The van der Waals surface area contributed by atoms with Crippen LogP contribution in [-0.4, -0.2) is 19.1 Å². The van der Waals surface area contributed by atoms with E-state index < -0.39 is 8.03 Å². The molecule has 1 unspecified atom stereocenters. The van der Waals surface area contributed by atoms with E-state index in [-0.39, 0.29) is 5.91 Å². The number of hydrogen-bond acceptors (Lipinski definition) is 3. The SMILES string of the molecule is C=CCNC(=O)CCCc1ccccc1[PH](=O)OCC. The van der Waals surface area contributed by atoms with Crippen molar-refractivity contribution in [1.29, 1.82) is 0 Å². The van der Waals surface area contributed by atoms with Gasteiger partial charge in [-0.2, -0.15) is 0 Å². The molecule has 0 aromatic heterocycles. The van der Waals surface area contributed by atoms with Crippen LogP contribution in [0.4, 0.5) is 0 Å². The van der Waals surface area contributed by atoms with Crippen LogP contribution in [0.25, 0.3) is 0 Å². The number of aryl methyl sites for hydroxylation is 1. The Bertz CT molecular complexity index is 474. The van der Waals surface area contributed by atoms with Crippen LogP contribution >= 0.6 is 8.03 Å². The standard InChI is InChI=1S/C15H22NO3P/c1-3-12-16-15(17)11-7-9-13-8-5-6-10-14(13)20(18)19-4-2/h3,5-6,8,10,20H,1,4,7,9,11-12H2,2H3,(H,16,17). The maximum Gasteiger partial charge on any atom is 0.220 e. The summed E-state index contributed by atoms with van der Waals surface area (Å²) in [6.45, 7) is 6.31. The Labute approximate surface area is 121 Å². The first kappa shape index (κ1) is 16.7. The molecule has 0 saturated carbocycles. The molecular weight excluding hydrogens is 273 g/mol. The smallest absolute Gasteiger partial charge is 0.220 e. The molecule has 0 aliphatic carbocycles. The second kappa shape index (κ2) is 9.51. The summed E-state index contributed by atoms with van der Waals surface area (Å²) in [6.07, 6.45) is 3.56. The molecular formula is C15H22NO3P. The highest BCUT2D eigenvalue weighted by atomic mass is 31.1. The molecule has 5 heteroatoms. The van der Waals surface area contributed by atoms with Gasteiger partial charge in [0.2, 0.25) is 13.9 Å². The lowest BCUT2D eigenvalue weighted by Gasteiger charge is -2.09. The minimum Gasteiger partial charge on any atom is -0.353 e. The van der Waals surface area contributed by atoms with Gasteiger partial charge in [-0.1, -0.05) is 24.3 Å². The van der Waals surface area contributed by atoms with Crippen molar-refractivity contribution in [3.63, 3.8) is 0 Å². The quantitative estimate of drug-likeness (QED) is 0.562. The van der Waals surface area contributed by atoms with Crippen LogP contribution < -0.4 is 10.6 Å². The largest absolute Gasteiger partial charge is 0.353 e. The van der Waals surface area contributed by atoms with Gasteiger partial charge in [0.25, 0.3) is 0 Å². The minimum atomic E-state index is -2.18. The lowest BCUT2D eigenvalue weighted by atomic mass is 10.1. The molecule has 20 heavy (non-hydrogen) atoms. The first-order valence-corrected chi connectivity index (χ1v) is 8.13. The maximum absolute atomic E-state index is 12.0. The van der Waals surface area contributed by atoms with E-state index in [1.54, 1.807) is 6.08 Å². The Hall–Kier alpha value is -1.38. The first-order valence-electron chi connectivity index (χ1n) is 6.81. The van der Waals surface area contributed by atoms with Gasteiger partial charge >= 0.3 is 0 Å². The monoisotopic (exact) mass is 295 g/mol. The third kappa shape index (κ3) is 5.72. The van der Waals surface area contributed by atoms with Gasteiger partial charge in [-0.3, -0.25) is 9.36 Å². The van der Waals surface area contributed by atoms with Crippen LogP contribution in [0.2, 0.25) is 0 Å². The summed E-state index contributed by atoms with van der Waals surface area (Å²) in [4.78, 5) is 11.5. The molecule has 1 amide bonds. The molecule has 4 nitrogen and oxygen atoms in total. The minimum absolute atomic E-state index is 0.0137. The zero-order valence-corrected chi connectivity index (χ0v) is 12.9. The lowest BCUT2D eigenvalue weighted by molar-refractivity contribution is -0.120. The molecule has 0 fully saturated rings. The molecule has 1 aromatic rings. The fourth-order valence-corrected chi connectivity index (χ4v) is 2.98. The van der Waals surface area contributed by atoms with Crippen LogP contribution in [0.3, 0.4) is 0 Å².